The van der Waals surface area contributed by atoms with Crippen LogP contribution in [0.15, 0.2) is 36.4 Å². The summed E-state index contributed by atoms with van der Waals surface area (Å²) in [7, 11) is 0. The van der Waals surface area contributed by atoms with Gasteiger partial charge in [-0.05, 0) is 31.2 Å². The van der Waals surface area contributed by atoms with Gasteiger partial charge in [0.1, 0.15) is 11.0 Å². The standard InChI is InChI=1S/C16H9Cl3FN3/c1-8-13(11-6-3-7-12(18)21-11)15(16(19)23-22-8)14-9(17)4-2-5-10(14)20/h2-7H,1H3. The van der Waals surface area contributed by atoms with Crippen LogP contribution in [-0.4, -0.2) is 15.2 Å². The summed E-state index contributed by atoms with van der Waals surface area (Å²) in [6, 6.07) is 9.54. The van der Waals surface area contributed by atoms with E-state index in [4.69, 9.17) is 34.8 Å². The summed E-state index contributed by atoms with van der Waals surface area (Å²) in [6.45, 7) is 1.74. The summed E-state index contributed by atoms with van der Waals surface area (Å²) in [5, 5.41) is 8.45. The molecule has 116 valence electrons. The highest BCUT2D eigenvalue weighted by atomic mass is 35.5. The molecule has 0 fully saturated rings. The van der Waals surface area contributed by atoms with Gasteiger partial charge >= 0.3 is 0 Å². The van der Waals surface area contributed by atoms with Crippen LogP contribution in [0.1, 0.15) is 5.69 Å². The molecule has 0 saturated heterocycles. The lowest BCUT2D eigenvalue weighted by Crippen LogP contribution is -2.00. The first kappa shape index (κ1) is 16.1. The van der Waals surface area contributed by atoms with E-state index in [1.165, 1.54) is 12.1 Å². The molecule has 1 aromatic carbocycles. The maximum absolute atomic E-state index is 14.4. The van der Waals surface area contributed by atoms with Gasteiger partial charge in [-0.3, -0.25) is 0 Å². The monoisotopic (exact) mass is 367 g/mol. The molecule has 0 bridgehead atoms. The van der Waals surface area contributed by atoms with Crippen molar-refractivity contribution in [1.29, 1.82) is 0 Å². The lowest BCUT2D eigenvalue weighted by Gasteiger charge is -2.14. The van der Waals surface area contributed by atoms with Crippen molar-refractivity contribution in [2.24, 2.45) is 0 Å². The van der Waals surface area contributed by atoms with E-state index in [-0.39, 0.29) is 15.7 Å². The van der Waals surface area contributed by atoms with Crippen molar-refractivity contribution in [3.63, 3.8) is 0 Å². The van der Waals surface area contributed by atoms with Gasteiger partial charge in [0, 0.05) is 16.7 Å². The predicted molar refractivity (Wildman–Crippen MR) is 90.4 cm³/mol. The van der Waals surface area contributed by atoms with Crippen LogP contribution in [0.3, 0.4) is 0 Å². The summed E-state index contributed by atoms with van der Waals surface area (Å²) >= 11 is 18.4. The van der Waals surface area contributed by atoms with Gasteiger partial charge in [0.15, 0.2) is 5.15 Å². The largest absolute Gasteiger partial charge is 0.236 e. The van der Waals surface area contributed by atoms with Gasteiger partial charge in [0.2, 0.25) is 0 Å². The molecule has 3 nitrogen and oxygen atoms in total. The number of rotatable bonds is 2. The van der Waals surface area contributed by atoms with Crippen LogP contribution in [0.5, 0.6) is 0 Å². The van der Waals surface area contributed by atoms with Crippen molar-refractivity contribution in [3.8, 4) is 22.4 Å². The fraction of sp³-hybridized carbons (Fsp3) is 0.0625. The molecule has 3 aromatic rings. The lowest BCUT2D eigenvalue weighted by atomic mass is 9.97. The summed E-state index contributed by atoms with van der Waals surface area (Å²) < 4.78 is 14.4. The summed E-state index contributed by atoms with van der Waals surface area (Å²) in [4.78, 5) is 4.26. The SMILES string of the molecule is Cc1nnc(Cl)c(-c2c(F)cccc2Cl)c1-c1cccc(Cl)n1. The van der Waals surface area contributed by atoms with Crippen LogP contribution in [-0.2, 0) is 0 Å². The van der Waals surface area contributed by atoms with Crippen molar-refractivity contribution in [2.45, 2.75) is 6.92 Å². The smallest absolute Gasteiger partial charge is 0.160 e. The number of hydrogen-bond donors (Lipinski definition) is 0. The van der Waals surface area contributed by atoms with E-state index in [1.54, 1.807) is 31.2 Å². The molecule has 0 saturated carbocycles. The Kier molecular flexibility index (Phi) is 4.48. The van der Waals surface area contributed by atoms with Crippen LogP contribution in [0.2, 0.25) is 15.3 Å². The Morgan fingerprint density at radius 2 is 1.61 bits per heavy atom. The number of halogens is 4. The zero-order chi connectivity index (χ0) is 16.6. The van der Waals surface area contributed by atoms with Crippen LogP contribution in [0.4, 0.5) is 4.39 Å². The second-order valence-electron chi connectivity index (χ2n) is 4.77. The molecule has 0 atom stereocenters. The highest BCUT2D eigenvalue weighted by Gasteiger charge is 2.22. The molecule has 0 radical (unpaired) electrons. The summed E-state index contributed by atoms with van der Waals surface area (Å²) in [5.41, 5.74) is 2.10. The van der Waals surface area contributed by atoms with E-state index in [1.807, 2.05) is 0 Å². The summed E-state index contributed by atoms with van der Waals surface area (Å²) in [6.07, 6.45) is 0. The minimum absolute atomic E-state index is 0.0411. The molecule has 23 heavy (non-hydrogen) atoms. The second kappa shape index (κ2) is 6.40. The van der Waals surface area contributed by atoms with Crippen LogP contribution in [0, 0.1) is 12.7 Å². The first-order chi connectivity index (χ1) is 11.0. The third-order valence-corrected chi connectivity index (χ3v) is 4.08. The van der Waals surface area contributed by atoms with Crippen LogP contribution >= 0.6 is 34.8 Å². The first-order valence-electron chi connectivity index (χ1n) is 6.59. The van der Waals surface area contributed by atoms with Gasteiger partial charge in [-0.15, -0.1) is 5.10 Å². The first-order valence-corrected chi connectivity index (χ1v) is 7.72. The highest BCUT2D eigenvalue weighted by molar-refractivity contribution is 6.36. The molecule has 0 unspecified atom stereocenters. The predicted octanol–water partition coefficient (Wildman–Crippen LogP) is 5.61. The van der Waals surface area contributed by atoms with Crippen molar-refractivity contribution >= 4 is 34.8 Å². The topological polar surface area (TPSA) is 38.7 Å². The third kappa shape index (κ3) is 3.02. The maximum Gasteiger partial charge on any atom is 0.160 e. The van der Waals surface area contributed by atoms with Crippen molar-refractivity contribution in [1.82, 2.24) is 15.2 Å². The highest BCUT2D eigenvalue weighted by Crippen LogP contribution is 2.41. The van der Waals surface area contributed by atoms with Gasteiger partial charge in [-0.1, -0.05) is 46.9 Å². The van der Waals surface area contributed by atoms with Crippen molar-refractivity contribution < 1.29 is 4.39 Å². The average molecular weight is 369 g/mol. The Bertz CT molecular complexity index is 879. The van der Waals surface area contributed by atoms with E-state index in [0.717, 1.165) is 0 Å². The van der Waals surface area contributed by atoms with E-state index < -0.39 is 5.82 Å². The lowest BCUT2D eigenvalue weighted by molar-refractivity contribution is 0.631. The zero-order valence-corrected chi connectivity index (χ0v) is 14.1. The number of nitrogens with zero attached hydrogens (tertiary/aromatic N) is 3. The zero-order valence-electron chi connectivity index (χ0n) is 11.8. The average Bonchev–Trinajstić information content (AvgIpc) is 2.50. The van der Waals surface area contributed by atoms with Crippen molar-refractivity contribution in [2.75, 3.05) is 0 Å². The fourth-order valence-electron chi connectivity index (χ4n) is 2.33. The molecule has 0 amide bonds. The Morgan fingerprint density at radius 1 is 0.870 bits per heavy atom. The van der Waals surface area contributed by atoms with E-state index in [9.17, 15) is 4.39 Å². The van der Waals surface area contributed by atoms with Gasteiger partial charge in [-0.2, -0.15) is 5.10 Å². The Morgan fingerprint density at radius 3 is 2.30 bits per heavy atom. The third-order valence-electron chi connectivity index (χ3n) is 3.29. The minimum atomic E-state index is -0.505. The number of aromatic nitrogens is 3. The maximum atomic E-state index is 14.4. The molecule has 7 heteroatoms. The molecule has 0 aliphatic heterocycles. The van der Waals surface area contributed by atoms with E-state index in [2.05, 4.69) is 15.2 Å². The Hall–Kier alpha value is -1.75. The normalized spacial score (nSPS) is 10.8. The molecule has 0 aliphatic carbocycles. The molecule has 3 rings (SSSR count). The van der Waals surface area contributed by atoms with Crippen molar-refractivity contribution in [3.05, 3.63) is 63.2 Å². The van der Waals surface area contributed by atoms with Crippen LogP contribution < -0.4 is 0 Å². The summed E-state index contributed by atoms with van der Waals surface area (Å²) in [5.74, 6) is -0.505. The quantitative estimate of drug-likeness (QED) is 0.552. The molecule has 2 aromatic heterocycles. The molecule has 2 heterocycles. The molecular formula is C16H9Cl3FN3. The van der Waals surface area contributed by atoms with E-state index in [0.29, 0.717) is 27.7 Å². The number of pyridine rings is 1. The van der Waals surface area contributed by atoms with Gasteiger partial charge in [-0.25, -0.2) is 9.37 Å². The van der Waals surface area contributed by atoms with Crippen LogP contribution in [0.25, 0.3) is 22.4 Å². The number of aryl methyl sites for hydroxylation is 1. The number of hydrogen-bond acceptors (Lipinski definition) is 3. The molecule has 0 aliphatic rings. The van der Waals surface area contributed by atoms with E-state index >= 15 is 0 Å². The second-order valence-corrected chi connectivity index (χ2v) is 5.92. The minimum Gasteiger partial charge on any atom is -0.236 e. The Labute approximate surface area is 147 Å². The van der Waals surface area contributed by atoms with Gasteiger partial charge in [0.25, 0.3) is 0 Å². The Balaban J connectivity index is 2.40. The van der Waals surface area contributed by atoms with Gasteiger partial charge in [0.05, 0.1) is 16.4 Å². The van der Waals surface area contributed by atoms with Gasteiger partial charge < -0.3 is 0 Å². The number of benzene rings is 1. The molecular weight excluding hydrogens is 360 g/mol. The molecule has 0 N–H and O–H groups in total. The fourth-order valence-corrected chi connectivity index (χ4v) is 2.98. The molecule has 0 spiro atoms.